The molecule has 1 N–H and O–H groups in total. The summed E-state index contributed by atoms with van der Waals surface area (Å²) in [5.74, 6) is 0.0558. The number of anilines is 1. The molecule has 2 heterocycles. The van der Waals surface area contributed by atoms with Crippen LogP contribution in [0.15, 0.2) is 41.0 Å². The summed E-state index contributed by atoms with van der Waals surface area (Å²) in [5.41, 5.74) is 1.59. The van der Waals surface area contributed by atoms with E-state index in [1.165, 1.54) is 12.1 Å². The van der Waals surface area contributed by atoms with Gasteiger partial charge in [-0.05, 0) is 55.7 Å². The van der Waals surface area contributed by atoms with E-state index in [4.69, 9.17) is 4.42 Å². The zero-order valence-corrected chi connectivity index (χ0v) is 14.1. The first-order valence-corrected chi connectivity index (χ1v) is 8.44. The molecule has 0 saturated carbocycles. The van der Waals surface area contributed by atoms with E-state index in [0.717, 1.165) is 24.1 Å². The Morgan fingerprint density at radius 2 is 2.16 bits per heavy atom. The third kappa shape index (κ3) is 4.07. The maximum atomic E-state index is 13.4. The third-order valence-corrected chi connectivity index (χ3v) is 4.45. The van der Waals surface area contributed by atoms with Gasteiger partial charge >= 0.3 is 0 Å². The van der Waals surface area contributed by atoms with Gasteiger partial charge in [0, 0.05) is 24.6 Å². The zero-order valence-electron chi connectivity index (χ0n) is 14.1. The minimum absolute atomic E-state index is 0.0386. The van der Waals surface area contributed by atoms with Crippen LogP contribution < -0.4 is 10.2 Å². The van der Waals surface area contributed by atoms with Crippen LogP contribution in [-0.4, -0.2) is 17.9 Å². The highest BCUT2D eigenvalue weighted by Gasteiger charge is 2.28. The van der Waals surface area contributed by atoms with Crippen molar-refractivity contribution in [1.29, 1.82) is 0 Å². The van der Waals surface area contributed by atoms with Gasteiger partial charge < -0.3 is 14.6 Å². The fraction of sp³-hybridized carbons (Fsp3) is 0.368. The molecule has 0 radical (unpaired) electrons. The van der Waals surface area contributed by atoms with Crippen molar-refractivity contribution in [2.24, 2.45) is 0 Å². The Morgan fingerprint density at radius 3 is 2.92 bits per heavy atom. The van der Waals surface area contributed by atoms with Crippen LogP contribution in [-0.2, 0) is 22.6 Å². The van der Waals surface area contributed by atoms with Crippen molar-refractivity contribution in [3.8, 4) is 0 Å². The third-order valence-electron chi connectivity index (χ3n) is 4.45. The Bertz CT molecular complexity index is 758. The van der Waals surface area contributed by atoms with Crippen molar-refractivity contribution in [2.45, 2.75) is 45.2 Å². The molecular weight excluding hydrogens is 323 g/mol. The summed E-state index contributed by atoms with van der Waals surface area (Å²) in [5, 5.41) is 2.73. The first-order valence-electron chi connectivity index (χ1n) is 8.44. The van der Waals surface area contributed by atoms with E-state index in [2.05, 4.69) is 5.32 Å². The average molecular weight is 344 g/mol. The second-order valence-electron chi connectivity index (χ2n) is 6.28. The molecule has 1 aliphatic heterocycles. The van der Waals surface area contributed by atoms with E-state index in [1.54, 1.807) is 29.4 Å². The Balaban J connectivity index is 1.58. The monoisotopic (exact) mass is 344 g/mol. The van der Waals surface area contributed by atoms with Crippen LogP contribution in [0.1, 0.15) is 37.5 Å². The molecule has 0 fully saturated rings. The van der Waals surface area contributed by atoms with Gasteiger partial charge in [-0.1, -0.05) is 0 Å². The fourth-order valence-corrected chi connectivity index (χ4v) is 3.13. The Morgan fingerprint density at radius 1 is 1.32 bits per heavy atom. The van der Waals surface area contributed by atoms with Crippen LogP contribution in [0.2, 0.25) is 0 Å². The van der Waals surface area contributed by atoms with Gasteiger partial charge in [0.1, 0.15) is 11.6 Å². The number of furan rings is 1. The topological polar surface area (TPSA) is 62.6 Å². The van der Waals surface area contributed by atoms with Gasteiger partial charge in [0.2, 0.25) is 11.8 Å². The lowest BCUT2D eigenvalue weighted by molar-refractivity contribution is -0.125. The Kier molecular flexibility index (Phi) is 5.16. The quantitative estimate of drug-likeness (QED) is 0.906. The molecule has 0 bridgehead atoms. The number of hydrogen-bond donors (Lipinski definition) is 1. The number of rotatable bonds is 5. The summed E-state index contributed by atoms with van der Waals surface area (Å²) in [6, 6.07) is 8.07. The number of halogens is 1. The van der Waals surface area contributed by atoms with Crippen LogP contribution in [0.4, 0.5) is 10.1 Å². The standard InChI is InChI=1S/C19H21FN2O3/c1-13-4-5-14-11-15(20)6-7-17(14)22(13)19(24)9-8-18(23)21-12-16-3-2-10-25-16/h2-3,6-7,10-11,13H,4-5,8-9,12H2,1H3,(H,21,23). The number of carbonyl (C=O) groups is 2. The van der Waals surface area contributed by atoms with E-state index < -0.39 is 0 Å². The van der Waals surface area contributed by atoms with Crippen molar-refractivity contribution in [3.05, 3.63) is 53.7 Å². The Hall–Kier alpha value is -2.63. The zero-order chi connectivity index (χ0) is 17.8. The minimum Gasteiger partial charge on any atom is -0.467 e. The molecule has 0 saturated heterocycles. The highest BCUT2D eigenvalue weighted by atomic mass is 19.1. The number of carbonyl (C=O) groups excluding carboxylic acids is 2. The summed E-state index contributed by atoms with van der Waals surface area (Å²) in [7, 11) is 0. The molecule has 132 valence electrons. The van der Waals surface area contributed by atoms with Gasteiger partial charge in [-0.3, -0.25) is 9.59 Å². The fourth-order valence-electron chi connectivity index (χ4n) is 3.13. The number of nitrogens with one attached hydrogen (secondary N) is 1. The van der Waals surface area contributed by atoms with E-state index in [0.29, 0.717) is 12.3 Å². The minimum atomic E-state index is -0.294. The number of nitrogens with zero attached hydrogens (tertiary/aromatic N) is 1. The average Bonchev–Trinajstić information content (AvgIpc) is 3.11. The van der Waals surface area contributed by atoms with Crippen LogP contribution in [0.5, 0.6) is 0 Å². The molecule has 25 heavy (non-hydrogen) atoms. The van der Waals surface area contributed by atoms with Gasteiger partial charge in [0.15, 0.2) is 0 Å². The first-order chi connectivity index (χ1) is 12.0. The largest absolute Gasteiger partial charge is 0.467 e. The van der Waals surface area contributed by atoms with E-state index >= 15 is 0 Å². The van der Waals surface area contributed by atoms with Crippen molar-refractivity contribution >= 4 is 17.5 Å². The van der Waals surface area contributed by atoms with Gasteiger partial charge in [0.25, 0.3) is 0 Å². The SMILES string of the molecule is CC1CCc2cc(F)ccc2N1C(=O)CCC(=O)NCc1ccco1. The normalized spacial score (nSPS) is 16.4. The molecule has 2 aromatic rings. The molecular formula is C19H21FN2O3. The van der Waals surface area contributed by atoms with Crippen LogP contribution in [0, 0.1) is 5.82 Å². The molecule has 3 rings (SSSR count). The second kappa shape index (κ2) is 7.51. The number of benzene rings is 1. The van der Waals surface area contributed by atoms with Crippen molar-refractivity contribution in [3.63, 3.8) is 0 Å². The highest BCUT2D eigenvalue weighted by molar-refractivity contribution is 5.97. The molecule has 5 nitrogen and oxygen atoms in total. The van der Waals surface area contributed by atoms with Crippen molar-refractivity contribution < 1.29 is 18.4 Å². The lowest BCUT2D eigenvalue weighted by Gasteiger charge is -2.35. The molecule has 1 aliphatic rings. The molecule has 1 aromatic heterocycles. The molecule has 1 aromatic carbocycles. The summed E-state index contributed by atoms with van der Waals surface area (Å²) >= 11 is 0. The van der Waals surface area contributed by atoms with Crippen LogP contribution >= 0.6 is 0 Å². The highest BCUT2D eigenvalue weighted by Crippen LogP contribution is 2.31. The summed E-state index contributed by atoms with van der Waals surface area (Å²) < 4.78 is 18.6. The molecule has 1 unspecified atom stereocenters. The summed E-state index contributed by atoms with van der Waals surface area (Å²) in [6.07, 6.45) is 3.31. The lowest BCUT2D eigenvalue weighted by Crippen LogP contribution is -2.42. The Labute approximate surface area is 145 Å². The maximum Gasteiger partial charge on any atom is 0.227 e. The summed E-state index contributed by atoms with van der Waals surface area (Å²) in [6.45, 7) is 2.28. The van der Waals surface area contributed by atoms with Gasteiger partial charge in [-0.25, -0.2) is 4.39 Å². The predicted molar refractivity (Wildman–Crippen MR) is 91.5 cm³/mol. The second-order valence-corrected chi connectivity index (χ2v) is 6.28. The van der Waals surface area contributed by atoms with Crippen molar-refractivity contribution in [1.82, 2.24) is 5.32 Å². The van der Waals surface area contributed by atoms with E-state index in [1.807, 2.05) is 6.92 Å². The van der Waals surface area contributed by atoms with Crippen LogP contribution in [0.25, 0.3) is 0 Å². The van der Waals surface area contributed by atoms with Crippen LogP contribution in [0.3, 0.4) is 0 Å². The number of amides is 2. The van der Waals surface area contributed by atoms with Gasteiger partial charge in [-0.2, -0.15) is 0 Å². The first kappa shape index (κ1) is 17.2. The smallest absolute Gasteiger partial charge is 0.227 e. The van der Waals surface area contributed by atoms with Gasteiger partial charge in [0.05, 0.1) is 12.8 Å². The molecule has 0 aliphatic carbocycles. The van der Waals surface area contributed by atoms with Crippen molar-refractivity contribution in [2.75, 3.05) is 4.90 Å². The van der Waals surface area contributed by atoms with E-state index in [-0.39, 0.29) is 36.5 Å². The number of hydrogen-bond acceptors (Lipinski definition) is 3. The predicted octanol–water partition coefficient (Wildman–Crippen LogP) is 3.18. The molecule has 2 amide bonds. The van der Waals surface area contributed by atoms with Gasteiger partial charge in [-0.15, -0.1) is 0 Å². The molecule has 0 spiro atoms. The lowest BCUT2D eigenvalue weighted by atomic mass is 9.96. The molecule has 1 atom stereocenters. The number of fused-ring (bicyclic) bond motifs is 1. The number of aryl methyl sites for hydroxylation is 1. The van der Waals surface area contributed by atoms with E-state index in [9.17, 15) is 14.0 Å². The maximum absolute atomic E-state index is 13.4. The summed E-state index contributed by atoms with van der Waals surface area (Å²) in [4.78, 5) is 26.2. The molecule has 6 heteroatoms.